The van der Waals surface area contributed by atoms with E-state index in [4.69, 9.17) is 5.73 Å². The average molecular weight is 184 g/mol. The molecule has 0 aromatic heterocycles. The van der Waals surface area contributed by atoms with Crippen LogP contribution in [0.25, 0.3) is 0 Å². The van der Waals surface area contributed by atoms with Crippen LogP contribution in [0.5, 0.6) is 0 Å². The molecule has 0 aromatic carbocycles. The quantitative estimate of drug-likeness (QED) is 0.725. The van der Waals surface area contributed by atoms with E-state index in [0.29, 0.717) is 18.0 Å². The van der Waals surface area contributed by atoms with Crippen molar-refractivity contribution < 1.29 is 0 Å². The molecule has 0 aliphatic carbocycles. The Morgan fingerprint density at radius 1 is 1.38 bits per heavy atom. The number of nitrogens with two attached hydrogens (primary N) is 1. The van der Waals surface area contributed by atoms with Crippen LogP contribution in [0.2, 0.25) is 0 Å². The van der Waals surface area contributed by atoms with Crippen LogP contribution in [0, 0.1) is 5.92 Å². The Labute approximate surface area is 82.5 Å². The van der Waals surface area contributed by atoms with Crippen LogP contribution in [0.3, 0.4) is 0 Å². The molecular formula is C11H24N2. The fourth-order valence-electron chi connectivity index (χ4n) is 2.13. The predicted molar refractivity (Wildman–Crippen MR) is 57.7 cm³/mol. The maximum absolute atomic E-state index is 6.03. The van der Waals surface area contributed by atoms with E-state index in [-0.39, 0.29) is 0 Å². The summed E-state index contributed by atoms with van der Waals surface area (Å²) in [5.74, 6) is 0.674. The Balaban J connectivity index is 2.37. The monoisotopic (exact) mass is 184 g/mol. The van der Waals surface area contributed by atoms with E-state index >= 15 is 0 Å². The Kier molecular flexibility index (Phi) is 4.20. The van der Waals surface area contributed by atoms with Crippen LogP contribution < -0.4 is 5.73 Å². The van der Waals surface area contributed by atoms with Crippen LogP contribution in [-0.4, -0.2) is 30.1 Å². The molecule has 1 heterocycles. The van der Waals surface area contributed by atoms with Gasteiger partial charge >= 0.3 is 0 Å². The first-order chi connectivity index (χ1) is 6.15. The lowest BCUT2D eigenvalue weighted by atomic mass is 9.90. The Hall–Kier alpha value is -0.0800. The van der Waals surface area contributed by atoms with E-state index in [1.807, 2.05) is 0 Å². The first-order valence-corrected chi connectivity index (χ1v) is 5.64. The van der Waals surface area contributed by atoms with Gasteiger partial charge in [-0.2, -0.15) is 0 Å². The van der Waals surface area contributed by atoms with Gasteiger partial charge in [0.15, 0.2) is 0 Å². The van der Waals surface area contributed by atoms with Crippen molar-refractivity contribution in [3.8, 4) is 0 Å². The van der Waals surface area contributed by atoms with Crippen molar-refractivity contribution in [1.82, 2.24) is 4.90 Å². The van der Waals surface area contributed by atoms with Crippen LogP contribution >= 0.6 is 0 Å². The zero-order valence-corrected chi connectivity index (χ0v) is 9.29. The van der Waals surface area contributed by atoms with Gasteiger partial charge in [-0.1, -0.05) is 20.3 Å². The summed E-state index contributed by atoms with van der Waals surface area (Å²) in [5.41, 5.74) is 6.03. The van der Waals surface area contributed by atoms with Gasteiger partial charge in [-0.3, -0.25) is 0 Å². The molecule has 0 aromatic rings. The molecule has 0 radical (unpaired) electrons. The van der Waals surface area contributed by atoms with E-state index in [2.05, 4.69) is 25.7 Å². The summed E-state index contributed by atoms with van der Waals surface area (Å²) in [6.45, 7) is 9.29. The first-order valence-electron chi connectivity index (χ1n) is 5.64. The first kappa shape index (κ1) is 11.0. The molecule has 13 heavy (non-hydrogen) atoms. The van der Waals surface area contributed by atoms with Gasteiger partial charge in [0.05, 0.1) is 0 Å². The second-order valence-electron chi connectivity index (χ2n) is 4.57. The highest BCUT2D eigenvalue weighted by atomic mass is 15.2. The third kappa shape index (κ3) is 2.96. The Bertz CT molecular complexity index is 147. The van der Waals surface area contributed by atoms with Crippen molar-refractivity contribution in [2.45, 2.75) is 52.1 Å². The molecule has 1 fully saturated rings. The fraction of sp³-hybridized carbons (Fsp3) is 1.00. The normalized spacial score (nSPS) is 36.5. The smallest absolute Gasteiger partial charge is 0.00915 e. The molecule has 3 unspecified atom stereocenters. The zero-order valence-electron chi connectivity index (χ0n) is 9.29. The van der Waals surface area contributed by atoms with E-state index in [1.54, 1.807) is 0 Å². The number of likely N-dealkylation sites (tertiary alicyclic amines) is 1. The molecule has 2 nitrogen and oxygen atoms in total. The van der Waals surface area contributed by atoms with Gasteiger partial charge in [-0.05, 0) is 32.2 Å². The average Bonchev–Trinajstić information content (AvgIpc) is 2.09. The molecule has 0 saturated carbocycles. The molecule has 1 saturated heterocycles. The van der Waals surface area contributed by atoms with Crippen molar-refractivity contribution >= 4 is 0 Å². The minimum atomic E-state index is 0.424. The number of hydrogen-bond donors (Lipinski definition) is 1. The standard InChI is InChI=1S/C11H24N2/c1-4-5-6-13-8-9(2)11(12)7-10(13)3/h9-11H,4-8,12H2,1-3H3. The number of unbranched alkanes of at least 4 members (excludes halogenated alkanes) is 1. The molecule has 3 atom stereocenters. The van der Waals surface area contributed by atoms with E-state index < -0.39 is 0 Å². The highest BCUT2D eigenvalue weighted by Crippen LogP contribution is 2.20. The third-order valence-electron chi connectivity index (χ3n) is 3.29. The van der Waals surface area contributed by atoms with Gasteiger partial charge in [-0.25, -0.2) is 0 Å². The lowest BCUT2D eigenvalue weighted by Gasteiger charge is -2.40. The second kappa shape index (κ2) is 4.97. The molecule has 2 N–H and O–H groups in total. The fourth-order valence-corrected chi connectivity index (χ4v) is 2.13. The van der Waals surface area contributed by atoms with Crippen LogP contribution in [0.4, 0.5) is 0 Å². The van der Waals surface area contributed by atoms with Gasteiger partial charge < -0.3 is 10.6 Å². The maximum Gasteiger partial charge on any atom is 0.00915 e. The highest BCUT2D eigenvalue weighted by molar-refractivity contribution is 4.85. The van der Waals surface area contributed by atoms with Gasteiger partial charge in [0.25, 0.3) is 0 Å². The molecule has 0 amide bonds. The number of piperidine rings is 1. The van der Waals surface area contributed by atoms with Crippen molar-refractivity contribution in [3.05, 3.63) is 0 Å². The maximum atomic E-state index is 6.03. The highest BCUT2D eigenvalue weighted by Gasteiger charge is 2.27. The number of rotatable bonds is 3. The van der Waals surface area contributed by atoms with Crippen molar-refractivity contribution in [3.63, 3.8) is 0 Å². The summed E-state index contributed by atoms with van der Waals surface area (Å²) >= 11 is 0. The second-order valence-corrected chi connectivity index (χ2v) is 4.57. The van der Waals surface area contributed by atoms with E-state index in [0.717, 1.165) is 0 Å². The number of nitrogens with zero attached hydrogens (tertiary/aromatic N) is 1. The van der Waals surface area contributed by atoms with E-state index in [1.165, 1.54) is 32.4 Å². The largest absolute Gasteiger partial charge is 0.327 e. The molecule has 0 spiro atoms. The molecule has 78 valence electrons. The molecule has 1 aliphatic heterocycles. The summed E-state index contributed by atoms with van der Waals surface area (Å²) < 4.78 is 0. The van der Waals surface area contributed by atoms with Crippen LogP contribution in [0.15, 0.2) is 0 Å². The van der Waals surface area contributed by atoms with Gasteiger partial charge in [0.1, 0.15) is 0 Å². The lowest BCUT2D eigenvalue weighted by molar-refractivity contribution is 0.107. The SMILES string of the molecule is CCCCN1CC(C)C(N)CC1C. The number of hydrogen-bond acceptors (Lipinski definition) is 2. The van der Waals surface area contributed by atoms with Gasteiger partial charge in [0.2, 0.25) is 0 Å². The van der Waals surface area contributed by atoms with E-state index in [9.17, 15) is 0 Å². The molecule has 2 heteroatoms. The topological polar surface area (TPSA) is 29.3 Å². The lowest BCUT2D eigenvalue weighted by Crippen LogP contribution is -2.50. The minimum absolute atomic E-state index is 0.424. The predicted octanol–water partition coefficient (Wildman–Crippen LogP) is 1.84. The van der Waals surface area contributed by atoms with Crippen molar-refractivity contribution in [1.29, 1.82) is 0 Å². The zero-order chi connectivity index (χ0) is 9.84. The molecule has 0 bridgehead atoms. The Morgan fingerprint density at radius 3 is 2.69 bits per heavy atom. The summed E-state index contributed by atoms with van der Waals surface area (Å²) in [4.78, 5) is 2.59. The Morgan fingerprint density at radius 2 is 2.08 bits per heavy atom. The van der Waals surface area contributed by atoms with Gasteiger partial charge in [-0.15, -0.1) is 0 Å². The van der Waals surface area contributed by atoms with Crippen molar-refractivity contribution in [2.24, 2.45) is 11.7 Å². The van der Waals surface area contributed by atoms with Gasteiger partial charge in [0, 0.05) is 18.6 Å². The van der Waals surface area contributed by atoms with Crippen LogP contribution in [-0.2, 0) is 0 Å². The summed E-state index contributed by atoms with van der Waals surface area (Å²) in [6, 6.07) is 1.12. The van der Waals surface area contributed by atoms with Crippen LogP contribution in [0.1, 0.15) is 40.0 Å². The summed E-state index contributed by atoms with van der Waals surface area (Å²) in [5, 5.41) is 0. The summed E-state index contributed by atoms with van der Waals surface area (Å²) in [7, 11) is 0. The third-order valence-corrected chi connectivity index (χ3v) is 3.29. The summed E-state index contributed by atoms with van der Waals surface area (Å²) in [6.07, 6.45) is 3.79. The molecular weight excluding hydrogens is 160 g/mol. The van der Waals surface area contributed by atoms with Crippen molar-refractivity contribution in [2.75, 3.05) is 13.1 Å². The molecule has 1 aliphatic rings. The molecule has 1 rings (SSSR count). The minimum Gasteiger partial charge on any atom is -0.327 e.